The number of thiocarbonyl (C=S) groups is 1. The molecule has 27 heavy (non-hydrogen) atoms. The van der Waals surface area contributed by atoms with E-state index >= 15 is 0 Å². The van der Waals surface area contributed by atoms with Crippen molar-refractivity contribution in [2.75, 3.05) is 0 Å². The predicted molar refractivity (Wildman–Crippen MR) is 104 cm³/mol. The lowest BCUT2D eigenvalue weighted by Gasteiger charge is -2.15. The number of carboxylic acid groups (broad SMARTS) is 1. The van der Waals surface area contributed by atoms with Gasteiger partial charge in [0.2, 0.25) is 5.91 Å². The van der Waals surface area contributed by atoms with Crippen molar-refractivity contribution < 1.29 is 19.5 Å². The molecule has 1 aliphatic heterocycles. The summed E-state index contributed by atoms with van der Waals surface area (Å²) in [7, 11) is 0. The summed E-state index contributed by atoms with van der Waals surface area (Å²) in [5.41, 5.74) is 4.03. The summed E-state index contributed by atoms with van der Waals surface area (Å²) in [4.78, 5) is 35.8. The summed E-state index contributed by atoms with van der Waals surface area (Å²) in [6.07, 6.45) is 1.71. The molecule has 2 amide bonds. The highest BCUT2D eigenvalue weighted by molar-refractivity contribution is 8.26. The van der Waals surface area contributed by atoms with Gasteiger partial charge in [0.1, 0.15) is 0 Å². The van der Waals surface area contributed by atoms with Crippen LogP contribution in [0.2, 0.25) is 0 Å². The van der Waals surface area contributed by atoms with Crippen molar-refractivity contribution in [3.05, 3.63) is 76.2 Å². The average molecular weight is 397 g/mol. The van der Waals surface area contributed by atoms with Crippen molar-refractivity contribution >= 4 is 52.2 Å². The fourth-order valence-corrected chi connectivity index (χ4v) is 3.56. The molecular formula is C19H13N2O4S2-. The summed E-state index contributed by atoms with van der Waals surface area (Å²) in [5, 5.41) is 11.8. The Bertz CT molecular complexity index is 940. The summed E-state index contributed by atoms with van der Waals surface area (Å²) >= 11 is 6.24. The quantitative estimate of drug-likeness (QED) is 0.608. The van der Waals surface area contributed by atoms with Crippen molar-refractivity contribution in [3.8, 4) is 0 Å². The minimum absolute atomic E-state index is 0.0490. The van der Waals surface area contributed by atoms with E-state index in [-0.39, 0.29) is 22.2 Å². The summed E-state index contributed by atoms with van der Waals surface area (Å²) in [6, 6.07) is 15.1. The van der Waals surface area contributed by atoms with Crippen LogP contribution in [-0.2, 0) is 16.0 Å². The van der Waals surface area contributed by atoms with Gasteiger partial charge in [0.15, 0.2) is 4.32 Å². The number of carbonyl (C=O) groups excluding carboxylic acids is 3. The number of hydrogen-bond acceptors (Lipinski definition) is 6. The molecule has 0 bridgehead atoms. The SMILES string of the molecule is O=C(Cc1ccccc1)NN1C(=O)/C(=C/c2ccc(C(=O)[O-])cc2)SC1=S. The maximum Gasteiger partial charge on any atom is 0.285 e. The molecule has 0 aliphatic carbocycles. The van der Waals surface area contributed by atoms with Crippen LogP contribution in [0.3, 0.4) is 0 Å². The number of thioether (sulfide) groups is 1. The first-order valence-corrected chi connectivity index (χ1v) is 9.09. The van der Waals surface area contributed by atoms with E-state index in [1.807, 2.05) is 30.3 Å². The molecule has 0 atom stereocenters. The summed E-state index contributed by atoms with van der Waals surface area (Å²) in [5.74, 6) is -2.05. The number of nitrogens with zero attached hydrogens (tertiary/aromatic N) is 1. The highest BCUT2D eigenvalue weighted by Crippen LogP contribution is 2.31. The third kappa shape index (κ3) is 4.60. The Morgan fingerprint density at radius 2 is 1.78 bits per heavy atom. The smallest absolute Gasteiger partial charge is 0.285 e. The van der Waals surface area contributed by atoms with Gasteiger partial charge in [-0.05, 0) is 35.0 Å². The van der Waals surface area contributed by atoms with Crippen molar-refractivity contribution in [1.29, 1.82) is 0 Å². The molecule has 1 saturated heterocycles. The minimum atomic E-state index is -1.27. The Morgan fingerprint density at radius 3 is 2.41 bits per heavy atom. The topological polar surface area (TPSA) is 89.5 Å². The van der Waals surface area contributed by atoms with Gasteiger partial charge in [0, 0.05) is 0 Å². The number of nitrogens with one attached hydrogen (secondary N) is 1. The van der Waals surface area contributed by atoms with Crippen molar-refractivity contribution in [1.82, 2.24) is 10.4 Å². The van der Waals surface area contributed by atoms with Crippen LogP contribution in [0.5, 0.6) is 0 Å². The van der Waals surface area contributed by atoms with Crippen molar-refractivity contribution in [2.24, 2.45) is 0 Å². The van der Waals surface area contributed by atoms with Gasteiger partial charge in [0.05, 0.1) is 17.3 Å². The highest BCUT2D eigenvalue weighted by atomic mass is 32.2. The maximum atomic E-state index is 12.5. The third-order valence-corrected chi connectivity index (χ3v) is 4.98. The van der Waals surface area contributed by atoms with Crippen LogP contribution in [0, 0.1) is 0 Å². The molecule has 6 nitrogen and oxygen atoms in total. The fraction of sp³-hybridized carbons (Fsp3) is 0.0526. The van der Waals surface area contributed by atoms with Gasteiger partial charge in [-0.3, -0.25) is 15.0 Å². The molecule has 1 heterocycles. The lowest BCUT2D eigenvalue weighted by atomic mass is 10.1. The van der Waals surface area contributed by atoms with Crippen LogP contribution in [0.4, 0.5) is 0 Å². The molecular weight excluding hydrogens is 384 g/mol. The Morgan fingerprint density at radius 1 is 1.11 bits per heavy atom. The number of benzene rings is 2. The Labute approximate surface area is 164 Å². The Balaban J connectivity index is 1.69. The fourth-order valence-electron chi connectivity index (χ4n) is 2.38. The lowest BCUT2D eigenvalue weighted by molar-refractivity contribution is -0.255. The molecule has 1 fully saturated rings. The van der Waals surface area contributed by atoms with Crippen LogP contribution in [0.1, 0.15) is 21.5 Å². The van der Waals surface area contributed by atoms with Crippen LogP contribution < -0.4 is 10.5 Å². The molecule has 3 rings (SSSR count). The first-order chi connectivity index (χ1) is 12.9. The Hall–Kier alpha value is -2.97. The van der Waals surface area contributed by atoms with Gasteiger partial charge in [-0.1, -0.05) is 66.4 Å². The lowest BCUT2D eigenvalue weighted by Crippen LogP contribution is -2.45. The highest BCUT2D eigenvalue weighted by Gasteiger charge is 2.33. The molecule has 0 unspecified atom stereocenters. The molecule has 1 N–H and O–H groups in total. The summed E-state index contributed by atoms with van der Waals surface area (Å²) < 4.78 is 0.221. The number of amides is 2. The molecule has 2 aromatic carbocycles. The van der Waals surface area contributed by atoms with Gasteiger partial charge in [0.25, 0.3) is 5.91 Å². The van der Waals surface area contributed by atoms with Gasteiger partial charge in [-0.15, -0.1) is 0 Å². The predicted octanol–water partition coefficient (Wildman–Crippen LogP) is 1.53. The first kappa shape index (κ1) is 18.8. The van der Waals surface area contributed by atoms with Crippen LogP contribution in [0.25, 0.3) is 6.08 Å². The molecule has 0 saturated carbocycles. The molecule has 0 aromatic heterocycles. The normalized spacial score (nSPS) is 15.3. The van der Waals surface area contributed by atoms with Crippen LogP contribution in [0.15, 0.2) is 59.5 Å². The van der Waals surface area contributed by atoms with E-state index in [0.29, 0.717) is 10.5 Å². The van der Waals surface area contributed by atoms with E-state index in [1.165, 1.54) is 12.1 Å². The van der Waals surface area contributed by atoms with Gasteiger partial charge in [-0.2, -0.15) is 5.01 Å². The van der Waals surface area contributed by atoms with Gasteiger partial charge >= 0.3 is 0 Å². The zero-order valence-corrected chi connectivity index (χ0v) is 15.5. The monoisotopic (exact) mass is 397 g/mol. The molecule has 1 aliphatic rings. The second kappa shape index (κ2) is 8.15. The van der Waals surface area contributed by atoms with E-state index < -0.39 is 11.9 Å². The first-order valence-electron chi connectivity index (χ1n) is 7.87. The van der Waals surface area contributed by atoms with E-state index in [2.05, 4.69) is 5.43 Å². The van der Waals surface area contributed by atoms with Crippen molar-refractivity contribution in [2.45, 2.75) is 6.42 Å². The molecule has 8 heteroatoms. The maximum absolute atomic E-state index is 12.5. The molecule has 0 spiro atoms. The number of hydrazine groups is 1. The van der Waals surface area contributed by atoms with Crippen LogP contribution >= 0.6 is 24.0 Å². The Kier molecular flexibility index (Phi) is 5.68. The molecule has 136 valence electrons. The number of carbonyl (C=O) groups is 3. The van der Waals surface area contributed by atoms with E-state index in [9.17, 15) is 19.5 Å². The van der Waals surface area contributed by atoms with E-state index in [1.54, 1.807) is 18.2 Å². The second-order valence-corrected chi connectivity index (χ2v) is 7.30. The zero-order chi connectivity index (χ0) is 19.4. The number of carboxylic acids is 1. The third-order valence-electron chi connectivity index (χ3n) is 3.68. The number of rotatable bonds is 5. The van der Waals surface area contributed by atoms with Crippen molar-refractivity contribution in [3.63, 3.8) is 0 Å². The van der Waals surface area contributed by atoms with Gasteiger partial charge < -0.3 is 9.90 Å². The van der Waals surface area contributed by atoms with E-state index in [0.717, 1.165) is 22.3 Å². The van der Waals surface area contributed by atoms with E-state index in [4.69, 9.17) is 12.2 Å². The summed E-state index contributed by atoms with van der Waals surface area (Å²) in [6.45, 7) is 0. The minimum Gasteiger partial charge on any atom is -0.545 e. The number of hydrogen-bond donors (Lipinski definition) is 1. The largest absolute Gasteiger partial charge is 0.545 e. The zero-order valence-electron chi connectivity index (χ0n) is 13.9. The standard InChI is InChI=1S/C19H14N2O4S2/c22-16(11-12-4-2-1-3-5-12)20-21-17(23)15(27-19(21)26)10-13-6-8-14(9-7-13)18(24)25/h1-10H,11H2,(H,20,22)(H,24,25)/p-1/b15-10-. The second-order valence-electron chi connectivity index (χ2n) is 5.62. The van der Waals surface area contributed by atoms with Gasteiger partial charge in [-0.25, -0.2) is 0 Å². The number of aromatic carboxylic acids is 1. The van der Waals surface area contributed by atoms with Crippen LogP contribution in [-0.4, -0.2) is 27.1 Å². The molecule has 0 radical (unpaired) electrons. The average Bonchev–Trinajstić information content (AvgIpc) is 2.90. The molecule has 2 aromatic rings.